The number of benzene rings is 1. The van der Waals surface area contributed by atoms with E-state index in [-0.39, 0.29) is 11.8 Å². The fourth-order valence-electron chi connectivity index (χ4n) is 2.16. The first-order valence-corrected chi connectivity index (χ1v) is 8.41. The van der Waals surface area contributed by atoms with Gasteiger partial charge in [0.2, 0.25) is 5.91 Å². The zero-order valence-corrected chi connectivity index (χ0v) is 15.6. The first-order chi connectivity index (χ1) is 11.5. The summed E-state index contributed by atoms with van der Waals surface area (Å²) in [7, 11) is 0. The summed E-state index contributed by atoms with van der Waals surface area (Å²) in [5.74, 6) is -1.34. The summed E-state index contributed by atoms with van der Waals surface area (Å²) in [6, 6.07) is 5.84. The van der Waals surface area contributed by atoms with Crippen molar-refractivity contribution < 1.29 is 19.5 Å². The van der Waals surface area contributed by atoms with Crippen molar-refractivity contribution in [3.05, 3.63) is 35.4 Å². The molecule has 2 amide bonds. The molecule has 0 aliphatic rings. The number of rotatable bonds is 7. The maximum absolute atomic E-state index is 12.2. The lowest BCUT2D eigenvalue weighted by Crippen LogP contribution is -2.41. The number of carbonyl (C=O) groups is 3. The van der Waals surface area contributed by atoms with Gasteiger partial charge in [-0.15, -0.1) is 0 Å². The maximum atomic E-state index is 12.2. The number of aliphatic carboxylic acids is 1. The summed E-state index contributed by atoms with van der Waals surface area (Å²) in [6.45, 7) is 9.71. The molecule has 0 heterocycles. The van der Waals surface area contributed by atoms with Crippen molar-refractivity contribution in [3.8, 4) is 0 Å². The zero-order valence-electron chi connectivity index (χ0n) is 15.6. The van der Waals surface area contributed by atoms with E-state index in [0.29, 0.717) is 18.5 Å². The number of carbonyl (C=O) groups excluding carboxylic acids is 2. The Kier molecular flexibility index (Phi) is 7.15. The van der Waals surface area contributed by atoms with Gasteiger partial charge in [0, 0.05) is 17.5 Å². The number of hydrogen-bond donors (Lipinski definition) is 3. The predicted molar refractivity (Wildman–Crippen MR) is 96.1 cm³/mol. The summed E-state index contributed by atoms with van der Waals surface area (Å²) < 4.78 is 0. The number of hydrogen-bond acceptors (Lipinski definition) is 3. The van der Waals surface area contributed by atoms with Gasteiger partial charge in [-0.2, -0.15) is 0 Å². The van der Waals surface area contributed by atoms with Crippen molar-refractivity contribution in [2.45, 2.75) is 53.6 Å². The molecule has 6 heteroatoms. The van der Waals surface area contributed by atoms with Gasteiger partial charge in [-0.1, -0.05) is 46.8 Å². The van der Waals surface area contributed by atoms with Gasteiger partial charge in [-0.25, -0.2) is 4.79 Å². The molecule has 0 aliphatic carbocycles. The summed E-state index contributed by atoms with van der Waals surface area (Å²) in [4.78, 5) is 35.3. The Labute approximate surface area is 149 Å². The minimum absolute atomic E-state index is 0.0488. The fourth-order valence-corrected chi connectivity index (χ4v) is 2.16. The molecular formula is C19H28N2O4. The van der Waals surface area contributed by atoms with Gasteiger partial charge < -0.3 is 15.7 Å². The van der Waals surface area contributed by atoms with Gasteiger partial charge in [0.15, 0.2) is 0 Å². The lowest BCUT2D eigenvalue weighted by molar-refractivity contribution is -0.139. The smallest absolute Gasteiger partial charge is 0.326 e. The standard InChI is InChI=1S/C19H28N2O4/c1-12(2)10-15(17(23)24)21-16(22)14-8-6-13(7-9-14)11-20-18(25)19(3,4)5/h6-9,12,15H,10-11H2,1-5H3,(H,20,25)(H,21,22)(H,23,24)/t15-/m1/s1. The molecular weight excluding hydrogens is 320 g/mol. The third-order valence-electron chi connectivity index (χ3n) is 3.66. The second-order valence-corrected chi connectivity index (χ2v) is 7.62. The molecule has 0 spiro atoms. The molecule has 0 fully saturated rings. The molecule has 138 valence electrons. The summed E-state index contributed by atoms with van der Waals surface area (Å²) in [5, 5.41) is 14.6. The molecule has 0 saturated carbocycles. The van der Waals surface area contributed by atoms with Crippen LogP contribution in [0.15, 0.2) is 24.3 Å². The Morgan fingerprint density at radius 2 is 1.64 bits per heavy atom. The van der Waals surface area contributed by atoms with Gasteiger partial charge in [0.05, 0.1) is 0 Å². The molecule has 0 radical (unpaired) electrons. The van der Waals surface area contributed by atoms with Gasteiger partial charge in [0.1, 0.15) is 6.04 Å². The topological polar surface area (TPSA) is 95.5 Å². The second kappa shape index (κ2) is 8.65. The number of carboxylic acids is 1. The highest BCUT2D eigenvalue weighted by atomic mass is 16.4. The summed E-state index contributed by atoms with van der Waals surface area (Å²) in [5.41, 5.74) is 0.800. The summed E-state index contributed by atoms with van der Waals surface area (Å²) >= 11 is 0. The highest BCUT2D eigenvalue weighted by Crippen LogP contribution is 2.13. The summed E-state index contributed by atoms with van der Waals surface area (Å²) in [6.07, 6.45) is 0.373. The van der Waals surface area contributed by atoms with E-state index in [1.165, 1.54) is 0 Å². The van der Waals surface area contributed by atoms with Crippen LogP contribution in [0.3, 0.4) is 0 Å². The van der Waals surface area contributed by atoms with Gasteiger partial charge in [-0.3, -0.25) is 9.59 Å². The van der Waals surface area contributed by atoms with E-state index >= 15 is 0 Å². The van der Waals surface area contributed by atoms with Crippen molar-refractivity contribution in [1.82, 2.24) is 10.6 Å². The van der Waals surface area contributed by atoms with Crippen molar-refractivity contribution in [2.75, 3.05) is 0 Å². The number of nitrogens with one attached hydrogen (secondary N) is 2. The first kappa shape index (κ1) is 20.7. The Morgan fingerprint density at radius 3 is 2.08 bits per heavy atom. The van der Waals surface area contributed by atoms with E-state index in [2.05, 4.69) is 10.6 Å². The Hall–Kier alpha value is -2.37. The SMILES string of the molecule is CC(C)C[C@@H](NC(=O)c1ccc(CNC(=O)C(C)(C)C)cc1)C(=O)O. The second-order valence-electron chi connectivity index (χ2n) is 7.62. The average molecular weight is 348 g/mol. The van der Waals surface area contributed by atoms with Crippen LogP contribution in [0, 0.1) is 11.3 Å². The van der Waals surface area contributed by atoms with E-state index < -0.39 is 23.3 Å². The van der Waals surface area contributed by atoms with Crippen LogP contribution < -0.4 is 10.6 Å². The molecule has 3 N–H and O–H groups in total. The first-order valence-electron chi connectivity index (χ1n) is 8.41. The quantitative estimate of drug-likeness (QED) is 0.706. The molecule has 0 bridgehead atoms. The minimum Gasteiger partial charge on any atom is -0.480 e. The van der Waals surface area contributed by atoms with Crippen molar-refractivity contribution in [2.24, 2.45) is 11.3 Å². The average Bonchev–Trinajstić information content (AvgIpc) is 2.50. The molecule has 0 aromatic heterocycles. The lowest BCUT2D eigenvalue weighted by Gasteiger charge is -2.18. The molecule has 1 atom stereocenters. The van der Waals surface area contributed by atoms with Crippen LogP contribution in [0.25, 0.3) is 0 Å². The van der Waals surface area contributed by atoms with Crippen LogP contribution in [0.4, 0.5) is 0 Å². The maximum Gasteiger partial charge on any atom is 0.326 e. The molecule has 1 aromatic rings. The van der Waals surface area contributed by atoms with E-state index in [0.717, 1.165) is 5.56 Å². The third-order valence-corrected chi connectivity index (χ3v) is 3.66. The van der Waals surface area contributed by atoms with E-state index in [4.69, 9.17) is 0 Å². The molecule has 6 nitrogen and oxygen atoms in total. The number of carboxylic acid groups (broad SMARTS) is 1. The predicted octanol–water partition coefficient (Wildman–Crippen LogP) is 2.58. The third kappa shape index (κ3) is 6.95. The monoisotopic (exact) mass is 348 g/mol. The van der Waals surface area contributed by atoms with E-state index in [9.17, 15) is 19.5 Å². The Morgan fingerprint density at radius 1 is 1.08 bits per heavy atom. The zero-order chi connectivity index (χ0) is 19.2. The van der Waals surface area contributed by atoms with Crippen LogP contribution in [-0.2, 0) is 16.1 Å². The molecule has 0 aliphatic heterocycles. The van der Waals surface area contributed by atoms with E-state index in [1.54, 1.807) is 24.3 Å². The van der Waals surface area contributed by atoms with Crippen LogP contribution in [-0.4, -0.2) is 28.9 Å². The van der Waals surface area contributed by atoms with Crippen LogP contribution in [0.2, 0.25) is 0 Å². The van der Waals surface area contributed by atoms with Crippen molar-refractivity contribution >= 4 is 17.8 Å². The Balaban J connectivity index is 2.67. The van der Waals surface area contributed by atoms with Crippen LogP contribution in [0.1, 0.15) is 57.0 Å². The van der Waals surface area contributed by atoms with Gasteiger partial charge in [-0.05, 0) is 30.0 Å². The largest absolute Gasteiger partial charge is 0.480 e. The molecule has 0 saturated heterocycles. The molecule has 0 unspecified atom stereocenters. The number of amides is 2. The fraction of sp³-hybridized carbons (Fsp3) is 0.526. The minimum atomic E-state index is -1.04. The highest BCUT2D eigenvalue weighted by molar-refractivity contribution is 5.96. The lowest BCUT2D eigenvalue weighted by atomic mass is 9.95. The van der Waals surface area contributed by atoms with Crippen LogP contribution >= 0.6 is 0 Å². The molecule has 1 aromatic carbocycles. The van der Waals surface area contributed by atoms with Crippen molar-refractivity contribution in [3.63, 3.8) is 0 Å². The molecule has 1 rings (SSSR count). The van der Waals surface area contributed by atoms with Gasteiger partial charge >= 0.3 is 5.97 Å². The Bertz CT molecular complexity index is 615. The highest BCUT2D eigenvalue weighted by Gasteiger charge is 2.22. The van der Waals surface area contributed by atoms with Crippen molar-refractivity contribution in [1.29, 1.82) is 0 Å². The molecule has 25 heavy (non-hydrogen) atoms. The van der Waals surface area contributed by atoms with Gasteiger partial charge in [0.25, 0.3) is 5.91 Å². The normalized spacial score (nSPS) is 12.6. The van der Waals surface area contributed by atoms with E-state index in [1.807, 2.05) is 34.6 Å². The van der Waals surface area contributed by atoms with Crippen LogP contribution in [0.5, 0.6) is 0 Å².